The zero-order chi connectivity index (χ0) is 25.6. The molecule has 1 aromatic carbocycles. The van der Waals surface area contributed by atoms with E-state index in [0.29, 0.717) is 12.4 Å². The molecule has 0 spiro atoms. The number of nitrogens with one attached hydrogen (secondary N) is 1. The van der Waals surface area contributed by atoms with Crippen molar-refractivity contribution < 1.29 is 18.3 Å². The van der Waals surface area contributed by atoms with Gasteiger partial charge in [0.2, 0.25) is 0 Å². The zero-order valence-corrected chi connectivity index (χ0v) is 22.0. The van der Waals surface area contributed by atoms with E-state index in [4.69, 9.17) is 4.74 Å². The molecule has 0 saturated carbocycles. The molecular weight excluding hydrogens is 466 g/mol. The Labute approximate surface area is 206 Å². The minimum Gasteiger partial charge on any atom is -0.361 e. The number of pyridine rings is 1. The molecule has 0 bridgehead atoms. The van der Waals surface area contributed by atoms with Crippen molar-refractivity contribution in [2.45, 2.75) is 64.5 Å². The third-order valence-electron chi connectivity index (χ3n) is 5.91. The van der Waals surface area contributed by atoms with Crippen LogP contribution >= 0.6 is 0 Å². The predicted octanol–water partition coefficient (Wildman–Crippen LogP) is 6.04. The predicted molar refractivity (Wildman–Crippen MR) is 136 cm³/mol. The molecule has 188 valence electrons. The number of ether oxygens (including phenoxy) is 1. The number of carbonyl (C=O) groups is 1. The van der Waals surface area contributed by atoms with Gasteiger partial charge in [0.25, 0.3) is 5.91 Å². The van der Waals surface area contributed by atoms with Crippen molar-refractivity contribution in [3.8, 4) is 0 Å². The molecule has 0 saturated heterocycles. The van der Waals surface area contributed by atoms with Crippen molar-refractivity contribution in [3.63, 3.8) is 0 Å². The van der Waals surface area contributed by atoms with E-state index in [1.165, 1.54) is 18.3 Å². The van der Waals surface area contributed by atoms with Gasteiger partial charge in [-0.2, -0.15) is 8.78 Å². The Kier molecular flexibility index (Phi) is 8.55. The fourth-order valence-electron chi connectivity index (χ4n) is 3.75. The lowest BCUT2D eigenvalue weighted by atomic mass is 9.95. The van der Waals surface area contributed by atoms with E-state index in [9.17, 15) is 13.6 Å². The number of anilines is 1. The summed E-state index contributed by atoms with van der Waals surface area (Å²) in [5, 5.41) is 2.31. The van der Waals surface area contributed by atoms with Crippen LogP contribution in [0.2, 0.25) is 25.7 Å². The van der Waals surface area contributed by atoms with Gasteiger partial charge in [0, 0.05) is 49.9 Å². The average molecular weight is 501 g/mol. The molecule has 0 radical (unpaired) electrons. The highest BCUT2D eigenvalue weighted by atomic mass is 28.3. The van der Waals surface area contributed by atoms with E-state index < -0.39 is 25.5 Å². The number of imidazole rings is 1. The number of rotatable bonds is 11. The molecule has 9 heteroatoms. The number of alkyl halides is 2. The SMILES string of the molecule is CCc1ncn(COCC[Si](C)(C)C)c1C(C)c1ccc(NC(=O)C(F)(F)c2cccnc2)cc1. The van der Waals surface area contributed by atoms with Crippen LogP contribution in [0.25, 0.3) is 0 Å². The second-order valence-corrected chi connectivity index (χ2v) is 15.5. The third kappa shape index (κ3) is 6.82. The first-order chi connectivity index (χ1) is 16.5. The maximum absolute atomic E-state index is 14.5. The fourth-order valence-corrected chi connectivity index (χ4v) is 4.51. The lowest BCUT2D eigenvalue weighted by molar-refractivity contribution is -0.141. The molecule has 35 heavy (non-hydrogen) atoms. The summed E-state index contributed by atoms with van der Waals surface area (Å²) in [6.45, 7) is 12.3. The number of aromatic nitrogens is 3. The summed E-state index contributed by atoms with van der Waals surface area (Å²) < 4.78 is 36.9. The van der Waals surface area contributed by atoms with Gasteiger partial charge in [-0.25, -0.2) is 4.98 Å². The molecule has 0 aliphatic heterocycles. The van der Waals surface area contributed by atoms with Crippen LogP contribution in [0.4, 0.5) is 14.5 Å². The van der Waals surface area contributed by atoms with Gasteiger partial charge >= 0.3 is 5.92 Å². The van der Waals surface area contributed by atoms with Gasteiger partial charge < -0.3 is 14.6 Å². The summed E-state index contributed by atoms with van der Waals surface area (Å²) in [5.41, 5.74) is 2.91. The van der Waals surface area contributed by atoms with Crippen LogP contribution in [0.1, 0.15) is 42.3 Å². The van der Waals surface area contributed by atoms with E-state index in [-0.39, 0.29) is 5.92 Å². The summed E-state index contributed by atoms with van der Waals surface area (Å²) in [6, 6.07) is 10.6. The highest BCUT2D eigenvalue weighted by Gasteiger charge is 2.41. The smallest absolute Gasteiger partial charge is 0.351 e. The third-order valence-corrected chi connectivity index (χ3v) is 7.61. The maximum Gasteiger partial charge on any atom is 0.351 e. The Morgan fingerprint density at radius 3 is 2.51 bits per heavy atom. The fraction of sp³-hybridized carbons (Fsp3) is 0.423. The maximum atomic E-state index is 14.5. The molecule has 1 unspecified atom stereocenters. The molecule has 0 aliphatic carbocycles. The van der Waals surface area contributed by atoms with Crippen molar-refractivity contribution in [1.29, 1.82) is 0 Å². The molecule has 3 rings (SSSR count). The second kappa shape index (κ2) is 11.2. The number of hydrogen-bond donors (Lipinski definition) is 1. The van der Waals surface area contributed by atoms with Gasteiger partial charge in [-0.3, -0.25) is 9.78 Å². The van der Waals surface area contributed by atoms with Crippen LogP contribution in [-0.4, -0.2) is 35.1 Å². The Morgan fingerprint density at radius 2 is 1.91 bits per heavy atom. The van der Waals surface area contributed by atoms with Crippen molar-refractivity contribution >= 4 is 19.7 Å². The first kappa shape index (κ1) is 26.7. The summed E-state index contributed by atoms with van der Waals surface area (Å²) in [7, 11) is -1.16. The van der Waals surface area contributed by atoms with E-state index in [0.717, 1.165) is 42.2 Å². The van der Waals surface area contributed by atoms with E-state index in [2.05, 4.69) is 48.8 Å². The number of amides is 1. The number of halogens is 2. The van der Waals surface area contributed by atoms with Gasteiger partial charge in [-0.05, 0) is 42.3 Å². The topological polar surface area (TPSA) is 69.0 Å². The van der Waals surface area contributed by atoms with Gasteiger partial charge in [-0.15, -0.1) is 0 Å². The standard InChI is InChI=1S/C26H34F2N4O2Si/c1-6-23-24(32(17-30-23)18-34-14-15-35(3,4)5)19(2)20-9-11-22(12-10-20)31-25(33)26(27,28)21-8-7-13-29-16-21/h7-13,16-17,19H,6,14-15,18H2,1-5H3,(H,31,33). The number of benzene rings is 1. The molecule has 3 aromatic rings. The Morgan fingerprint density at radius 1 is 1.20 bits per heavy atom. The highest BCUT2D eigenvalue weighted by molar-refractivity contribution is 6.76. The van der Waals surface area contributed by atoms with Crippen molar-refractivity contribution in [1.82, 2.24) is 14.5 Å². The van der Waals surface area contributed by atoms with Crippen LogP contribution < -0.4 is 5.32 Å². The molecule has 1 atom stereocenters. The molecule has 1 amide bonds. The van der Waals surface area contributed by atoms with Gasteiger partial charge in [0.1, 0.15) is 6.73 Å². The van der Waals surface area contributed by atoms with Crippen LogP contribution in [0.15, 0.2) is 55.1 Å². The molecule has 6 nitrogen and oxygen atoms in total. The summed E-state index contributed by atoms with van der Waals surface area (Å²) in [5.74, 6) is -5.07. The number of carbonyl (C=O) groups excluding carboxylic acids is 1. The molecule has 1 N–H and O–H groups in total. The molecule has 2 aromatic heterocycles. The zero-order valence-electron chi connectivity index (χ0n) is 21.0. The lowest BCUT2D eigenvalue weighted by Crippen LogP contribution is -2.32. The van der Waals surface area contributed by atoms with Crippen LogP contribution in [0.5, 0.6) is 0 Å². The normalized spacial score (nSPS) is 13.0. The van der Waals surface area contributed by atoms with Crippen molar-refractivity contribution in [2.75, 3.05) is 11.9 Å². The highest BCUT2D eigenvalue weighted by Crippen LogP contribution is 2.31. The molecule has 0 aliphatic rings. The van der Waals surface area contributed by atoms with Crippen LogP contribution in [0.3, 0.4) is 0 Å². The minimum absolute atomic E-state index is 0.00891. The average Bonchev–Trinajstić information content (AvgIpc) is 3.24. The van der Waals surface area contributed by atoms with E-state index in [1.807, 2.05) is 23.0 Å². The van der Waals surface area contributed by atoms with Crippen LogP contribution in [0, 0.1) is 0 Å². The summed E-state index contributed by atoms with van der Waals surface area (Å²) in [6.07, 6.45) is 4.98. The monoisotopic (exact) mass is 500 g/mol. The van der Waals surface area contributed by atoms with Gasteiger partial charge in [0.05, 0.1) is 12.0 Å². The number of nitrogens with zero attached hydrogens (tertiary/aromatic N) is 3. The number of aryl methyl sites for hydroxylation is 1. The van der Waals surface area contributed by atoms with E-state index in [1.54, 1.807) is 12.1 Å². The van der Waals surface area contributed by atoms with Gasteiger partial charge in [0.15, 0.2) is 0 Å². The Bertz CT molecular complexity index is 1110. The molecular formula is C26H34F2N4O2Si. The van der Waals surface area contributed by atoms with Gasteiger partial charge in [-0.1, -0.05) is 45.6 Å². The molecule has 2 heterocycles. The summed E-state index contributed by atoms with van der Waals surface area (Å²) >= 11 is 0. The summed E-state index contributed by atoms with van der Waals surface area (Å²) in [4.78, 5) is 20.5. The first-order valence-electron chi connectivity index (χ1n) is 11.8. The minimum atomic E-state index is -3.68. The largest absolute Gasteiger partial charge is 0.361 e. The van der Waals surface area contributed by atoms with Crippen molar-refractivity contribution in [2.24, 2.45) is 0 Å². The molecule has 0 fully saturated rings. The van der Waals surface area contributed by atoms with Crippen LogP contribution in [-0.2, 0) is 28.6 Å². The number of hydrogen-bond acceptors (Lipinski definition) is 4. The Balaban J connectivity index is 1.70. The quantitative estimate of drug-likeness (QED) is 0.258. The Hall–Kier alpha value is -2.91. The lowest BCUT2D eigenvalue weighted by Gasteiger charge is -2.19. The van der Waals surface area contributed by atoms with Crippen molar-refractivity contribution in [3.05, 3.63) is 77.6 Å². The van der Waals surface area contributed by atoms with E-state index >= 15 is 0 Å². The first-order valence-corrected chi connectivity index (χ1v) is 15.5. The second-order valence-electron chi connectivity index (χ2n) is 9.86.